The van der Waals surface area contributed by atoms with E-state index in [9.17, 15) is 4.79 Å². The third-order valence-electron chi connectivity index (χ3n) is 7.86. The fourth-order valence-electron chi connectivity index (χ4n) is 5.56. The van der Waals surface area contributed by atoms with Crippen LogP contribution in [0.4, 0.5) is 14.9 Å². The molecule has 0 saturated carbocycles. The maximum Gasteiger partial charge on any atom is 0.317 e. The number of aromatic nitrogens is 2. The zero-order chi connectivity index (χ0) is 26.2. The average Bonchev–Trinajstić information content (AvgIpc) is 3.33. The van der Waals surface area contributed by atoms with Gasteiger partial charge in [-0.25, -0.2) is 13.7 Å². The number of nitrogens with zero attached hydrogens (tertiary/aromatic N) is 5. The van der Waals surface area contributed by atoms with E-state index in [0.717, 1.165) is 54.1 Å². The molecule has 1 aromatic carbocycles. The molecule has 0 unspecified atom stereocenters. The highest BCUT2D eigenvalue weighted by molar-refractivity contribution is 5.80. The molecule has 1 N–H and O–H groups in total. The number of amides is 2. The van der Waals surface area contributed by atoms with Gasteiger partial charge in [0.15, 0.2) is 0 Å². The first-order chi connectivity index (χ1) is 17.7. The molecule has 0 bridgehead atoms. The fraction of sp³-hybridized carbons (Fsp3) is 0.517. The van der Waals surface area contributed by atoms with Gasteiger partial charge in [-0.3, -0.25) is 0 Å². The van der Waals surface area contributed by atoms with Crippen molar-refractivity contribution in [2.45, 2.75) is 58.3 Å². The number of anilines is 1. The lowest BCUT2D eigenvalue weighted by Crippen LogP contribution is -2.53. The number of likely N-dealkylation sites (tertiary alicyclic amines) is 1. The van der Waals surface area contributed by atoms with Crippen LogP contribution in [-0.2, 0) is 5.67 Å². The second kappa shape index (κ2) is 10.3. The van der Waals surface area contributed by atoms with E-state index in [1.165, 1.54) is 0 Å². The number of nitrogens with one attached hydrogen (secondary N) is 1. The molecule has 37 heavy (non-hydrogen) atoms. The molecular formula is C29H39FN6O. The number of hydrogen-bond donors (Lipinski definition) is 1. The molecule has 7 nitrogen and oxygen atoms in total. The van der Waals surface area contributed by atoms with E-state index in [2.05, 4.69) is 40.1 Å². The van der Waals surface area contributed by atoms with Crippen LogP contribution >= 0.6 is 0 Å². The number of halogens is 1. The van der Waals surface area contributed by atoms with E-state index in [4.69, 9.17) is 0 Å². The summed E-state index contributed by atoms with van der Waals surface area (Å²) in [5.41, 5.74) is 3.79. The summed E-state index contributed by atoms with van der Waals surface area (Å²) < 4.78 is 17.7. The highest BCUT2D eigenvalue weighted by atomic mass is 19.1. The molecule has 2 aromatic heterocycles. The molecule has 198 valence electrons. The number of carbonyl (C=O) groups excluding carboxylic acids is 1. The molecule has 2 fully saturated rings. The van der Waals surface area contributed by atoms with Gasteiger partial charge in [-0.05, 0) is 63.8 Å². The van der Waals surface area contributed by atoms with E-state index in [-0.39, 0.29) is 12.1 Å². The van der Waals surface area contributed by atoms with Crippen LogP contribution in [0.5, 0.6) is 0 Å². The molecule has 0 aliphatic carbocycles. The summed E-state index contributed by atoms with van der Waals surface area (Å²) in [6.45, 7) is 12.8. The number of carbonyl (C=O) groups is 1. The predicted octanol–water partition coefficient (Wildman–Crippen LogP) is 4.91. The van der Waals surface area contributed by atoms with Crippen LogP contribution in [0.2, 0.25) is 0 Å². The zero-order valence-corrected chi connectivity index (χ0v) is 22.5. The largest absolute Gasteiger partial charge is 0.366 e. The number of hydrogen-bond acceptors (Lipinski definition) is 4. The first kappa shape index (κ1) is 25.5. The van der Waals surface area contributed by atoms with Gasteiger partial charge < -0.3 is 20.0 Å². The summed E-state index contributed by atoms with van der Waals surface area (Å²) >= 11 is 0. The normalized spacial score (nSPS) is 18.7. The van der Waals surface area contributed by atoms with Crippen LogP contribution in [0.15, 0.2) is 48.8 Å². The molecule has 2 aliphatic heterocycles. The van der Waals surface area contributed by atoms with Gasteiger partial charge in [-0.15, -0.1) is 0 Å². The Morgan fingerprint density at radius 1 is 0.946 bits per heavy atom. The predicted molar refractivity (Wildman–Crippen MR) is 147 cm³/mol. The van der Waals surface area contributed by atoms with Crippen molar-refractivity contribution in [2.24, 2.45) is 0 Å². The van der Waals surface area contributed by atoms with Crippen molar-refractivity contribution in [1.29, 1.82) is 0 Å². The van der Waals surface area contributed by atoms with Crippen LogP contribution in [0.3, 0.4) is 0 Å². The number of benzene rings is 1. The second-order valence-electron chi connectivity index (χ2n) is 11.0. The van der Waals surface area contributed by atoms with Gasteiger partial charge in [0.2, 0.25) is 0 Å². The smallest absolute Gasteiger partial charge is 0.317 e. The summed E-state index contributed by atoms with van der Waals surface area (Å²) in [6.07, 6.45) is 4.94. The number of alkyl halides is 1. The highest BCUT2D eigenvalue weighted by Gasteiger charge is 2.36. The number of piperidine rings is 1. The quantitative estimate of drug-likeness (QED) is 0.534. The first-order valence-electron chi connectivity index (χ1n) is 13.6. The lowest BCUT2D eigenvalue weighted by atomic mass is 9.85. The second-order valence-corrected chi connectivity index (χ2v) is 11.0. The van der Waals surface area contributed by atoms with Gasteiger partial charge in [0.1, 0.15) is 5.67 Å². The molecule has 0 radical (unpaired) electrons. The molecule has 3 aromatic rings. The standard InChI is InChI=1S/C29H39FN6O/c1-21(2)32-28(37)35-17-15-34(16-18-35)26-9-12-31-36-20-24(19-27(26)36)23-5-7-25(8-6-23)29(30)10-13-33(14-11-29)22(3)4/h5-9,12,19-22H,10-11,13-18H2,1-4H3,(H,32,37). The van der Waals surface area contributed by atoms with E-state index in [1.54, 1.807) is 0 Å². The van der Waals surface area contributed by atoms with Gasteiger partial charge in [-0.1, -0.05) is 24.3 Å². The Bertz CT molecular complexity index is 1220. The summed E-state index contributed by atoms with van der Waals surface area (Å²) in [7, 11) is 0. The van der Waals surface area contributed by atoms with Gasteiger partial charge in [0.05, 0.1) is 11.2 Å². The number of urea groups is 1. The Kier molecular flexibility index (Phi) is 7.12. The van der Waals surface area contributed by atoms with Crippen molar-refractivity contribution >= 4 is 17.2 Å². The lowest BCUT2D eigenvalue weighted by Gasteiger charge is -2.38. The Morgan fingerprint density at radius 3 is 2.24 bits per heavy atom. The van der Waals surface area contributed by atoms with E-state index < -0.39 is 5.67 Å². The SMILES string of the molecule is CC(C)NC(=O)N1CCN(c2ccnn3cc(-c4ccc(C5(F)CCN(C(C)C)CC5)cc4)cc23)CC1. The highest BCUT2D eigenvalue weighted by Crippen LogP contribution is 2.38. The monoisotopic (exact) mass is 506 g/mol. The molecule has 5 rings (SSSR count). The van der Waals surface area contributed by atoms with Crippen molar-refractivity contribution in [3.8, 4) is 11.1 Å². The molecule has 0 spiro atoms. The Labute approximate surface area is 219 Å². The zero-order valence-electron chi connectivity index (χ0n) is 22.5. The third kappa shape index (κ3) is 5.30. The Morgan fingerprint density at radius 2 is 1.62 bits per heavy atom. The van der Waals surface area contributed by atoms with Crippen LogP contribution < -0.4 is 10.2 Å². The minimum atomic E-state index is -1.25. The maximum atomic E-state index is 15.8. The molecule has 0 atom stereocenters. The van der Waals surface area contributed by atoms with Gasteiger partial charge in [0.25, 0.3) is 0 Å². The van der Waals surface area contributed by atoms with Gasteiger partial charge in [-0.2, -0.15) is 5.10 Å². The molecule has 2 aliphatic rings. The van der Waals surface area contributed by atoms with Gasteiger partial charge >= 0.3 is 6.03 Å². The van der Waals surface area contributed by atoms with Crippen LogP contribution in [0.1, 0.15) is 46.1 Å². The van der Waals surface area contributed by atoms with Crippen molar-refractivity contribution in [1.82, 2.24) is 24.7 Å². The summed E-state index contributed by atoms with van der Waals surface area (Å²) in [5.74, 6) is 0. The number of fused-ring (bicyclic) bond motifs is 1. The first-order valence-corrected chi connectivity index (χ1v) is 13.6. The van der Waals surface area contributed by atoms with Crippen molar-refractivity contribution in [3.63, 3.8) is 0 Å². The van der Waals surface area contributed by atoms with Crippen LogP contribution in [-0.4, -0.2) is 76.8 Å². The Hall–Kier alpha value is -3.13. The lowest BCUT2D eigenvalue weighted by molar-refractivity contribution is 0.0427. The van der Waals surface area contributed by atoms with Crippen LogP contribution in [0.25, 0.3) is 16.6 Å². The molecule has 2 saturated heterocycles. The maximum absolute atomic E-state index is 15.8. The van der Waals surface area contributed by atoms with E-state index in [0.29, 0.717) is 32.0 Å². The topological polar surface area (TPSA) is 56.1 Å². The number of piperazine rings is 1. The molecule has 2 amide bonds. The van der Waals surface area contributed by atoms with Crippen LogP contribution in [0, 0.1) is 0 Å². The minimum absolute atomic E-state index is 0.00322. The number of rotatable bonds is 5. The third-order valence-corrected chi connectivity index (χ3v) is 7.86. The fourth-order valence-corrected chi connectivity index (χ4v) is 5.56. The van der Waals surface area contributed by atoms with Crippen molar-refractivity contribution < 1.29 is 9.18 Å². The van der Waals surface area contributed by atoms with E-state index >= 15 is 4.39 Å². The van der Waals surface area contributed by atoms with Crippen molar-refractivity contribution in [2.75, 3.05) is 44.2 Å². The summed E-state index contributed by atoms with van der Waals surface area (Å²) in [6, 6.07) is 12.8. The van der Waals surface area contributed by atoms with E-state index in [1.807, 2.05) is 66.0 Å². The van der Waals surface area contributed by atoms with Crippen molar-refractivity contribution in [3.05, 3.63) is 54.4 Å². The average molecular weight is 507 g/mol. The molecule has 8 heteroatoms. The molecule has 4 heterocycles. The summed E-state index contributed by atoms with van der Waals surface area (Å²) in [4.78, 5) is 18.9. The summed E-state index contributed by atoms with van der Waals surface area (Å²) in [5, 5.41) is 7.51. The minimum Gasteiger partial charge on any atom is -0.366 e. The Balaban J connectivity index is 1.30. The molecular weight excluding hydrogens is 467 g/mol. The van der Waals surface area contributed by atoms with Gasteiger partial charge in [0, 0.05) is 69.3 Å².